The van der Waals surface area contributed by atoms with Crippen LogP contribution < -0.4 is 0 Å². The van der Waals surface area contributed by atoms with E-state index in [1.54, 1.807) is 25.7 Å². The van der Waals surface area contributed by atoms with E-state index in [0.29, 0.717) is 5.41 Å². The summed E-state index contributed by atoms with van der Waals surface area (Å²) >= 11 is 0. The van der Waals surface area contributed by atoms with Gasteiger partial charge in [-0.2, -0.15) is 0 Å². The van der Waals surface area contributed by atoms with E-state index in [4.69, 9.17) is 0 Å². The maximum atomic E-state index is 4.01. The van der Waals surface area contributed by atoms with Gasteiger partial charge in [0.15, 0.2) is 0 Å². The number of allylic oxidation sites excluding steroid dienone is 1. The van der Waals surface area contributed by atoms with Crippen molar-refractivity contribution in [3.05, 3.63) is 12.7 Å². The summed E-state index contributed by atoms with van der Waals surface area (Å²) < 4.78 is 0. The number of hydrogen-bond acceptors (Lipinski definition) is 0. The van der Waals surface area contributed by atoms with Gasteiger partial charge in [0.25, 0.3) is 0 Å². The lowest BCUT2D eigenvalue weighted by atomic mass is 9.57. The Bertz CT molecular complexity index is 423. The van der Waals surface area contributed by atoms with E-state index in [0.717, 1.165) is 35.5 Å². The van der Waals surface area contributed by atoms with E-state index < -0.39 is 0 Å². The Morgan fingerprint density at radius 2 is 1.24 bits per heavy atom. The fraction of sp³-hybridized carbons (Fsp3) is 0.920. The molecule has 25 heavy (non-hydrogen) atoms. The highest BCUT2D eigenvalue weighted by Gasteiger charge is 2.58. The summed E-state index contributed by atoms with van der Waals surface area (Å²) in [5.74, 6) is 6.52. The van der Waals surface area contributed by atoms with E-state index in [1.807, 2.05) is 0 Å². The van der Waals surface area contributed by atoms with Crippen LogP contribution in [-0.2, 0) is 0 Å². The van der Waals surface area contributed by atoms with Crippen LogP contribution in [0.15, 0.2) is 12.7 Å². The first-order valence-electron chi connectivity index (χ1n) is 11.9. The lowest BCUT2D eigenvalue weighted by Crippen LogP contribution is -2.41. The maximum Gasteiger partial charge on any atom is -0.0264 e. The SMILES string of the molecule is C=CCCC[C@@](C)(C1CCCC1)C1C2CCCCC2C2CCCCC21. The first-order chi connectivity index (χ1) is 12.3. The predicted molar refractivity (Wildman–Crippen MR) is 108 cm³/mol. The van der Waals surface area contributed by atoms with Crippen molar-refractivity contribution in [1.82, 2.24) is 0 Å². The van der Waals surface area contributed by atoms with Gasteiger partial charge >= 0.3 is 0 Å². The second-order valence-corrected chi connectivity index (χ2v) is 10.4. The van der Waals surface area contributed by atoms with Crippen LogP contribution in [0.5, 0.6) is 0 Å². The molecular weight excluding hydrogens is 300 g/mol. The molecule has 4 aliphatic rings. The van der Waals surface area contributed by atoms with Crippen molar-refractivity contribution >= 4 is 0 Å². The van der Waals surface area contributed by atoms with Gasteiger partial charge in [-0.05, 0) is 98.7 Å². The Kier molecular flexibility index (Phi) is 5.63. The Morgan fingerprint density at radius 1 is 0.760 bits per heavy atom. The molecule has 4 saturated carbocycles. The first-order valence-corrected chi connectivity index (χ1v) is 11.9. The highest BCUT2D eigenvalue weighted by molar-refractivity contribution is 5.06. The lowest BCUT2D eigenvalue weighted by Gasteiger charge is -2.48. The summed E-state index contributed by atoms with van der Waals surface area (Å²) in [5.41, 5.74) is 0.635. The number of rotatable bonds is 6. The van der Waals surface area contributed by atoms with Crippen molar-refractivity contribution in [3.8, 4) is 0 Å². The highest BCUT2D eigenvalue weighted by atomic mass is 14.6. The van der Waals surface area contributed by atoms with Gasteiger partial charge in [-0.15, -0.1) is 6.58 Å². The lowest BCUT2D eigenvalue weighted by molar-refractivity contribution is 0.00583. The first kappa shape index (κ1) is 18.1. The van der Waals surface area contributed by atoms with E-state index in [-0.39, 0.29) is 0 Å². The number of unbranched alkanes of at least 4 members (excludes halogenated alkanes) is 1. The van der Waals surface area contributed by atoms with Crippen molar-refractivity contribution in [3.63, 3.8) is 0 Å². The van der Waals surface area contributed by atoms with Gasteiger partial charge in [0, 0.05) is 0 Å². The second kappa shape index (κ2) is 7.77. The number of fused-ring (bicyclic) bond motifs is 3. The van der Waals surface area contributed by atoms with Crippen LogP contribution >= 0.6 is 0 Å². The summed E-state index contributed by atoms with van der Waals surface area (Å²) in [7, 11) is 0. The molecule has 0 amide bonds. The van der Waals surface area contributed by atoms with Crippen LogP contribution in [0, 0.1) is 40.9 Å². The fourth-order valence-electron chi connectivity index (χ4n) is 8.48. The third-order valence-electron chi connectivity index (χ3n) is 9.40. The van der Waals surface area contributed by atoms with Crippen molar-refractivity contribution in [2.75, 3.05) is 0 Å². The third-order valence-corrected chi connectivity index (χ3v) is 9.40. The molecule has 0 aliphatic heterocycles. The average molecular weight is 343 g/mol. The van der Waals surface area contributed by atoms with E-state index in [1.165, 1.54) is 70.6 Å². The Balaban J connectivity index is 1.64. The molecule has 0 radical (unpaired) electrons. The molecule has 0 aromatic rings. The second-order valence-electron chi connectivity index (χ2n) is 10.4. The average Bonchev–Trinajstić information content (AvgIpc) is 3.29. The molecule has 0 aromatic heterocycles. The quantitative estimate of drug-likeness (QED) is 0.341. The fourth-order valence-corrected chi connectivity index (χ4v) is 8.48. The molecule has 0 saturated heterocycles. The minimum Gasteiger partial charge on any atom is -0.103 e. The standard InChI is InChI=1S/C25H42/c1-3-4-11-18-25(2,19-12-5-6-13-19)24-22-16-9-7-14-20(22)21-15-8-10-17-23(21)24/h3,19-24H,1,4-18H2,2H3/t20?,21?,22?,23?,24?,25-/m0/s1. The molecule has 0 nitrogen and oxygen atoms in total. The van der Waals surface area contributed by atoms with Crippen LogP contribution in [0.4, 0.5) is 0 Å². The van der Waals surface area contributed by atoms with Gasteiger partial charge in [-0.3, -0.25) is 0 Å². The molecule has 4 unspecified atom stereocenters. The minimum absolute atomic E-state index is 0.635. The van der Waals surface area contributed by atoms with Crippen LogP contribution in [-0.4, -0.2) is 0 Å². The summed E-state index contributed by atoms with van der Waals surface area (Å²) in [6.45, 7) is 6.78. The van der Waals surface area contributed by atoms with Gasteiger partial charge in [0.05, 0.1) is 0 Å². The molecule has 4 aliphatic carbocycles. The highest BCUT2D eigenvalue weighted by Crippen LogP contribution is 2.65. The normalized spacial score (nSPS) is 41.1. The van der Waals surface area contributed by atoms with Crippen molar-refractivity contribution in [2.24, 2.45) is 40.9 Å². The molecule has 142 valence electrons. The van der Waals surface area contributed by atoms with E-state index in [9.17, 15) is 0 Å². The van der Waals surface area contributed by atoms with Gasteiger partial charge < -0.3 is 0 Å². The van der Waals surface area contributed by atoms with Gasteiger partial charge in [0.1, 0.15) is 0 Å². The molecule has 0 heteroatoms. The minimum atomic E-state index is 0.635. The Morgan fingerprint density at radius 3 is 1.76 bits per heavy atom. The zero-order chi connectivity index (χ0) is 17.3. The van der Waals surface area contributed by atoms with Crippen LogP contribution in [0.25, 0.3) is 0 Å². The monoisotopic (exact) mass is 342 g/mol. The van der Waals surface area contributed by atoms with Gasteiger partial charge in [-0.25, -0.2) is 0 Å². The molecule has 4 fully saturated rings. The molecule has 0 bridgehead atoms. The number of hydrogen-bond donors (Lipinski definition) is 0. The molecular formula is C25H42. The zero-order valence-electron chi connectivity index (χ0n) is 16.9. The summed E-state index contributed by atoms with van der Waals surface area (Å²) in [4.78, 5) is 0. The largest absolute Gasteiger partial charge is 0.103 e. The van der Waals surface area contributed by atoms with Crippen molar-refractivity contribution in [1.29, 1.82) is 0 Å². The van der Waals surface area contributed by atoms with E-state index >= 15 is 0 Å². The van der Waals surface area contributed by atoms with Crippen LogP contribution in [0.3, 0.4) is 0 Å². The predicted octanol–water partition coefficient (Wildman–Crippen LogP) is 7.78. The zero-order valence-corrected chi connectivity index (χ0v) is 16.9. The summed E-state index contributed by atoms with van der Waals surface area (Å²) in [6, 6.07) is 0. The molecule has 0 aromatic carbocycles. The maximum absolute atomic E-state index is 4.01. The van der Waals surface area contributed by atoms with E-state index in [2.05, 4.69) is 19.6 Å². The van der Waals surface area contributed by atoms with Crippen molar-refractivity contribution in [2.45, 2.75) is 103 Å². The van der Waals surface area contributed by atoms with Crippen LogP contribution in [0.1, 0.15) is 103 Å². The topological polar surface area (TPSA) is 0 Å². The summed E-state index contributed by atoms with van der Waals surface area (Å²) in [5, 5.41) is 0. The van der Waals surface area contributed by atoms with Crippen molar-refractivity contribution < 1.29 is 0 Å². The Labute approximate surface area is 157 Å². The molecule has 0 N–H and O–H groups in total. The summed E-state index contributed by atoms with van der Waals surface area (Å²) in [6.07, 6.45) is 24.8. The molecule has 4 rings (SSSR count). The van der Waals surface area contributed by atoms with Gasteiger partial charge in [-0.1, -0.05) is 51.5 Å². The molecule has 0 spiro atoms. The smallest absolute Gasteiger partial charge is 0.0264 e. The van der Waals surface area contributed by atoms with Gasteiger partial charge in [0.2, 0.25) is 0 Å². The van der Waals surface area contributed by atoms with Crippen LogP contribution in [0.2, 0.25) is 0 Å². The molecule has 5 atom stereocenters. The third kappa shape index (κ3) is 3.25. The molecule has 0 heterocycles. The Hall–Kier alpha value is -0.260.